The predicted molar refractivity (Wildman–Crippen MR) is 65.7 cm³/mol. The van der Waals surface area contributed by atoms with Crippen LogP contribution in [-0.4, -0.2) is 23.9 Å². The molecule has 1 unspecified atom stereocenters. The van der Waals surface area contributed by atoms with E-state index in [1.54, 1.807) is 25.3 Å². The summed E-state index contributed by atoms with van der Waals surface area (Å²) in [7, 11) is 1.68. The molecular formula is C13H17FN2O. The number of hydrogen-bond donors (Lipinski definition) is 1. The van der Waals surface area contributed by atoms with E-state index in [0.717, 1.165) is 5.56 Å². The highest BCUT2D eigenvalue weighted by Crippen LogP contribution is 2.07. The Morgan fingerprint density at radius 1 is 1.53 bits per heavy atom. The van der Waals surface area contributed by atoms with Crippen LogP contribution in [-0.2, 0) is 11.3 Å². The van der Waals surface area contributed by atoms with E-state index < -0.39 is 6.04 Å². The molecule has 1 atom stereocenters. The summed E-state index contributed by atoms with van der Waals surface area (Å²) in [5, 5.41) is 0. The Morgan fingerprint density at radius 2 is 2.12 bits per heavy atom. The molecule has 1 rings (SSSR count). The summed E-state index contributed by atoms with van der Waals surface area (Å²) in [5.41, 5.74) is 6.55. The van der Waals surface area contributed by atoms with Crippen LogP contribution in [0.1, 0.15) is 12.0 Å². The molecule has 0 aliphatic heterocycles. The second kappa shape index (κ2) is 6.15. The highest BCUT2D eigenvalue weighted by atomic mass is 19.1. The van der Waals surface area contributed by atoms with Crippen molar-refractivity contribution in [3.05, 3.63) is 48.3 Å². The van der Waals surface area contributed by atoms with Crippen LogP contribution in [0.25, 0.3) is 0 Å². The van der Waals surface area contributed by atoms with Gasteiger partial charge in [-0.05, 0) is 24.1 Å². The van der Waals surface area contributed by atoms with Gasteiger partial charge >= 0.3 is 0 Å². The van der Waals surface area contributed by atoms with E-state index in [1.807, 2.05) is 0 Å². The molecule has 2 N–H and O–H groups in total. The average Bonchev–Trinajstić information content (AvgIpc) is 2.31. The number of nitrogens with two attached hydrogens (primary N) is 1. The van der Waals surface area contributed by atoms with Crippen LogP contribution < -0.4 is 5.73 Å². The van der Waals surface area contributed by atoms with E-state index >= 15 is 0 Å². The summed E-state index contributed by atoms with van der Waals surface area (Å²) in [5.74, 6) is -0.430. The minimum Gasteiger partial charge on any atom is -0.340 e. The molecule has 3 nitrogen and oxygen atoms in total. The average molecular weight is 236 g/mol. The Labute approximate surface area is 101 Å². The number of amides is 1. The number of rotatable bonds is 5. The van der Waals surface area contributed by atoms with Crippen LogP contribution in [0.4, 0.5) is 4.39 Å². The molecule has 0 saturated carbocycles. The van der Waals surface area contributed by atoms with Gasteiger partial charge in [0.25, 0.3) is 0 Å². The number of halogens is 1. The summed E-state index contributed by atoms with van der Waals surface area (Å²) in [6.07, 6.45) is 2.07. The molecule has 4 heteroatoms. The maximum atomic E-state index is 12.7. The Bertz CT molecular complexity index is 389. The summed E-state index contributed by atoms with van der Waals surface area (Å²) in [6.45, 7) is 3.96. The molecule has 0 saturated heterocycles. The molecule has 1 aromatic carbocycles. The first-order valence-electron chi connectivity index (χ1n) is 5.40. The van der Waals surface area contributed by atoms with Crippen molar-refractivity contribution in [1.29, 1.82) is 0 Å². The van der Waals surface area contributed by atoms with Gasteiger partial charge < -0.3 is 10.6 Å². The molecule has 0 aliphatic carbocycles. The van der Waals surface area contributed by atoms with Crippen molar-refractivity contribution in [3.8, 4) is 0 Å². The molecule has 0 heterocycles. The van der Waals surface area contributed by atoms with Gasteiger partial charge in [0.05, 0.1) is 6.04 Å². The third-order valence-corrected chi connectivity index (χ3v) is 2.45. The van der Waals surface area contributed by atoms with Gasteiger partial charge in [0.15, 0.2) is 0 Å². The van der Waals surface area contributed by atoms with E-state index in [1.165, 1.54) is 17.0 Å². The third-order valence-electron chi connectivity index (χ3n) is 2.45. The normalized spacial score (nSPS) is 11.9. The standard InChI is InChI=1S/C13H17FN2O/c1-3-4-12(15)13(17)16(2)9-10-5-7-11(14)8-6-10/h3,5-8,12H,1,4,9,15H2,2H3. The number of likely N-dealkylation sites (N-methyl/N-ethyl adjacent to an activating group) is 1. The third kappa shape index (κ3) is 4.00. The van der Waals surface area contributed by atoms with Crippen molar-refractivity contribution >= 4 is 5.91 Å². The maximum Gasteiger partial charge on any atom is 0.239 e. The van der Waals surface area contributed by atoms with Gasteiger partial charge in [-0.1, -0.05) is 18.2 Å². The monoisotopic (exact) mass is 236 g/mol. The van der Waals surface area contributed by atoms with Gasteiger partial charge in [0.2, 0.25) is 5.91 Å². The van der Waals surface area contributed by atoms with Crippen LogP contribution in [0.5, 0.6) is 0 Å². The summed E-state index contributed by atoms with van der Waals surface area (Å²) in [4.78, 5) is 13.3. The highest BCUT2D eigenvalue weighted by molar-refractivity contribution is 5.81. The Kier molecular flexibility index (Phi) is 4.84. The molecule has 0 aliphatic rings. The molecule has 1 amide bonds. The van der Waals surface area contributed by atoms with Crippen molar-refractivity contribution in [3.63, 3.8) is 0 Å². The van der Waals surface area contributed by atoms with Crippen LogP contribution in [0.3, 0.4) is 0 Å². The van der Waals surface area contributed by atoms with Gasteiger partial charge in [-0.3, -0.25) is 4.79 Å². The molecule has 0 bridgehead atoms. The molecule has 0 spiro atoms. The van der Waals surface area contributed by atoms with Crippen LogP contribution in [0, 0.1) is 5.82 Å². The molecule has 0 aromatic heterocycles. The lowest BCUT2D eigenvalue weighted by molar-refractivity contribution is -0.131. The largest absolute Gasteiger partial charge is 0.340 e. The highest BCUT2D eigenvalue weighted by Gasteiger charge is 2.16. The number of nitrogens with zero attached hydrogens (tertiary/aromatic N) is 1. The summed E-state index contributed by atoms with van der Waals surface area (Å²) >= 11 is 0. The minimum absolute atomic E-state index is 0.144. The Morgan fingerprint density at radius 3 is 2.65 bits per heavy atom. The first-order valence-corrected chi connectivity index (χ1v) is 5.40. The lowest BCUT2D eigenvalue weighted by Crippen LogP contribution is -2.41. The van der Waals surface area contributed by atoms with Crippen molar-refractivity contribution in [2.24, 2.45) is 5.73 Å². The van der Waals surface area contributed by atoms with Gasteiger partial charge in [0, 0.05) is 13.6 Å². The fourth-order valence-electron chi connectivity index (χ4n) is 1.51. The topological polar surface area (TPSA) is 46.3 Å². The quantitative estimate of drug-likeness (QED) is 0.791. The van der Waals surface area contributed by atoms with Gasteiger partial charge in [-0.15, -0.1) is 6.58 Å². The molecular weight excluding hydrogens is 219 g/mol. The second-order valence-corrected chi connectivity index (χ2v) is 3.95. The van der Waals surface area contributed by atoms with E-state index in [9.17, 15) is 9.18 Å². The smallest absolute Gasteiger partial charge is 0.239 e. The summed E-state index contributed by atoms with van der Waals surface area (Å²) in [6, 6.07) is 5.49. The molecule has 1 aromatic rings. The van der Waals surface area contributed by atoms with Crippen LogP contribution >= 0.6 is 0 Å². The van der Waals surface area contributed by atoms with E-state index in [2.05, 4.69) is 6.58 Å². The van der Waals surface area contributed by atoms with Crippen molar-refractivity contribution < 1.29 is 9.18 Å². The number of benzene rings is 1. The fourth-order valence-corrected chi connectivity index (χ4v) is 1.51. The fraction of sp³-hybridized carbons (Fsp3) is 0.308. The Balaban J connectivity index is 2.59. The van der Waals surface area contributed by atoms with Gasteiger partial charge in [0.1, 0.15) is 5.82 Å². The van der Waals surface area contributed by atoms with Gasteiger partial charge in [-0.25, -0.2) is 4.39 Å². The Hall–Kier alpha value is -1.68. The maximum absolute atomic E-state index is 12.7. The van der Waals surface area contributed by atoms with Gasteiger partial charge in [-0.2, -0.15) is 0 Å². The number of carbonyl (C=O) groups is 1. The molecule has 0 radical (unpaired) electrons. The van der Waals surface area contributed by atoms with Crippen LogP contribution in [0.2, 0.25) is 0 Å². The SMILES string of the molecule is C=CCC(N)C(=O)N(C)Cc1ccc(F)cc1. The lowest BCUT2D eigenvalue weighted by Gasteiger charge is -2.20. The predicted octanol–water partition coefficient (Wildman–Crippen LogP) is 1.69. The lowest BCUT2D eigenvalue weighted by atomic mass is 10.1. The van der Waals surface area contributed by atoms with E-state index in [4.69, 9.17) is 5.73 Å². The number of hydrogen-bond acceptors (Lipinski definition) is 2. The second-order valence-electron chi connectivity index (χ2n) is 3.95. The summed E-state index contributed by atoms with van der Waals surface area (Å²) < 4.78 is 12.7. The molecule has 0 fully saturated rings. The molecule has 17 heavy (non-hydrogen) atoms. The first kappa shape index (κ1) is 13.4. The number of carbonyl (C=O) groups excluding carboxylic acids is 1. The first-order chi connectivity index (χ1) is 8.04. The zero-order valence-corrected chi connectivity index (χ0v) is 9.90. The van der Waals surface area contributed by atoms with E-state index in [-0.39, 0.29) is 11.7 Å². The van der Waals surface area contributed by atoms with Crippen molar-refractivity contribution in [2.75, 3.05) is 7.05 Å². The van der Waals surface area contributed by atoms with Crippen molar-refractivity contribution in [2.45, 2.75) is 19.0 Å². The minimum atomic E-state index is -0.557. The molecule has 92 valence electrons. The van der Waals surface area contributed by atoms with Crippen molar-refractivity contribution in [1.82, 2.24) is 4.90 Å². The zero-order chi connectivity index (χ0) is 12.8. The van der Waals surface area contributed by atoms with E-state index in [0.29, 0.717) is 13.0 Å². The zero-order valence-electron chi connectivity index (χ0n) is 9.90. The van der Waals surface area contributed by atoms with Crippen LogP contribution in [0.15, 0.2) is 36.9 Å².